The number of carboxylic acids is 1. The summed E-state index contributed by atoms with van der Waals surface area (Å²) in [6, 6.07) is -0.613. The van der Waals surface area contributed by atoms with Crippen molar-refractivity contribution in [1.29, 1.82) is 0 Å². The molecular formula is C10H18N2O5S. The van der Waals surface area contributed by atoms with Gasteiger partial charge in [-0.05, 0) is 12.8 Å². The zero-order valence-corrected chi connectivity index (χ0v) is 11.0. The second kappa shape index (κ2) is 5.12. The largest absolute Gasteiger partial charge is 0.481 e. The smallest absolute Gasteiger partial charge is 0.310 e. The minimum Gasteiger partial charge on any atom is -0.481 e. The molecule has 1 saturated heterocycles. The highest BCUT2D eigenvalue weighted by Crippen LogP contribution is 2.25. The first-order valence-electron chi connectivity index (χ1n) is 6.05. The van der Waals surface area contributed by atoms with Crippen molar-refractivity contribution in [2.45, 2.75) is 31.8 Å². The molecule has 2 atom stereocenters. The predicted molar refractivity (Wildman–Crippen MR) is 63.2 cm³/mol. The molecule has 2 unspecified atom stereocenters. The fourth-order valence-corrected chi connectivity index (χ4v) is 3.82. The number of carbonyl (C=O) groups is 1. The Morgan fingerprint density at radius 3 is 2.61 bits per heavy atom. The van der Waals surface area contributed by atoms with Gasteiger partial charge >= 0.3 is 5.97 Å². The summed E-state index contributed by atoms with van der Waals surface area (Å²) in [6.07, 6.45) is 1.70. The molecular weight excluding hydrogens is 260 g/mol. The Labute approximate surface area is 106 Å². The van der Waals surface area contributed by atoms with Gasteiger partial charge in [0.15, 0.2) is 0 Å². The number of aliphatic carboxylic acids is 1. The fraction of sp³-hybridized carbons (Fsp3) is 0.900. The predicted octanol–water partition coefficient (Wildman–Crippen LogP) is -0.595. The van der Waals surface area contributed by atoms with Crippen LogP contribution >= 0.6 is 0 Å². The molecule has 2 aliphatic rings. The third kappa shape index (κ3) is 2.82. The first-order chi connectivity index (χ1) is 8.45. The molecule has 7 nitrogen and oxygen atoms in total. The molecule has 2 rings (SSSR count). The van der Waals surface area contributed by atoms with Gasteiger partial charge in [0.25, 0.3) is 10.2 Å². The Balaban J connectivity index is 2.13. The van der Waals surface area contributed by atoms with Crippen LogP contribution < -0.4 is 4.72 Å². The van der Waals surface area contributed by atoms with E-state index in [9.17, 15) is 13.2 Å². The molecule has 0 radical (unpaired) electrons. The lowest BCUT2D eigenvalue weighted by atomic mass is 10.0. The lowest BCUT2D eigenvalue weighted by molar-refractivity contribution is -0.142. The number of hydrogen-bond acceptors (Lipinski definition) is 4. The van der Waals surface area contributed by atoms with Crippen LogP contribution in [0.15, 0.2) is 0 Å². The third-order valence-electron chi connectivity index (χ3n) is 3.25. The average molecular weight is 278 g/mol. The second-order valence-corrected chi connectivity index (χ2v) is 6.30. The normalized spacial score (nSPS) is 28.8. The molecule has 8 heteroatoms. The maximum Gasteiger partial charge on any atom is 0.310 e. The molecule has 0 aromatic heterocycles. The van der Waals surface area contributed by atoms with Crippen molar-refractivity contribution in [3.05, 3.63) is 0 Å². The van der Waals surface area contributed by atoms with Gasteiger partial charge in [-0.25, -0.2) is 0 Å². The Morgan fingerprint density at radius 2 is 2.11 bits per heavy atom. The quantitative estimate of drug-likeness (QED) is 0.676. The molecule has 0 spiro atoms. The number of hydrogen-bond donors (Lipinski definition) is 2. The van der Waals surface area contributed by atoms with Gasteiger partial charge in [-0.3, -0.25) is 4.79 Å². The molecule has 0 amide bonds. The van der Waals surface area contributed by atoms with E-state index in [0.717, 1.165) is 12.8 Å². The van der Waals surface area contributed by atoms with Gasteiger partial charge in [0.05, 0.1) is 25.2 Å². The summed E-state index contributed by atoms with van der Waals surface area (Å²) >= 11 is 0. The van der Waals surface area contributed by atoms with E-state index >= 15 is 0 Å². The number of ether oxygens (including phenoxy) is 1. The first-order valence-corrected chi connectivity index (χ1v) is 7.49. The molecule has 0 aromatic carbocycles. The summed E-state index contributed by atoms with van der Waals surface area (Å²) in [5.41, 5.74) is 0. The van der Waals surface area contributed by atoms with Crippen LogP contribution in [-0.4, -0.2) is 55.6 Å². The Kier molecular flexibility index (Phi) is 3.90. The summed E-state index contributed by atoms with van der Waals surface area (Å²) in [5.74, 6) is -1.81. The van der Waals surface area contributed by atoms with E-state index in [1.807, 2.05) is 0 Å². The van der Waals surface area contributed by atoms with E-state index < -0.39 is 28.1 Å². The number of nitrogens with zero attached hydrogens (tertiary/aromatic N) is 1. The summed E-state index contributed by atoms with van der Waals surface area (Å²) < 4.78 is 33.2. The maximum absolute atomic E-state index is 12.1. The van der Waals surface area contributed by atoms with E-state index in [2.05, 4.69) is 4.72 Å². The van der Waals surface area contributed by atoms with Crippen molar-refractivity contribution in [3.63, 3.8) is 0 Å². The maximum atomic E-state index is 12.1. The Morgan fingerprint density at radius 1 is 1.44 bits per heavy atom. The minimum atomic E-state index is -3.62. The lowest BCUT2D eigenvalue weighted by Crippen LogP contribution is -2.51. The van der Waals surface area contributed by atoms with Gasteiger partial charge in [0.2, 0.25) is 0 Å². The van der Waals surface area contributed by atoms with Crippen molar-refractivity contribution >= 4 is 16.2 Å². The fourth-order valence-electron chi connectivity index (χ4n) is 2.12. The van der Waals surface area contributed by atoms with Gasteiger partial charge in [-0.1, -0.05) is 6.92 Å². The monoisotopic (exact) mass is 278 g/mol. The van der Waals surface area contributed by atoms with Crippen LogP contribution in [0.25, 0.3) is 0 Å². The number of likely N-dealkylation sites (N-methyl/N-ethyl adjacent to an activating group) is 1. The standard InChI is InChI=1S/C10H18N2O5S/c1-2-12(18(15,16)11-7-3-4-7)9-6-17-5-8(9)10(13)14/h7-9,11H,2-6H2,1H3,(H,13,14). The first kappa shape index (κ1) is 13.7. The van der Waals surface area contributed by atoms with E-state index in [1.54, 1.807) is 6.92 Å². The van der Waals surface area contributed by atoms with Crippen molar-refractivity contribution in [2.24, 2.45) is 5.92 Å². The van der Waals surface area contributed by atoms with Crippen molar-refractivity contribution in [1.82, 2.24) is 9.03 Å². The molecule has 0 aromatic rings. The highest BCUT2D eigenvalue weighted by Gasteiger charge is 2.43. The highest BCUT2D eigenvalue weighted by atomic mass is 32.2. The number of carboxylic acid groups (broad SMARTS) is 1. The van der Waals surface area contributed by atoms with Gasteiger partial charge < -0.3 is 9.84 Å². The third-order valence-corrected chi connectivity index (χ3v) is 5.03. The molecule has 104 valence electrons. The SMILES string of the molecule is CCN(C1COCC1C(=O)O)S(=O)(=O)NC1CC1. The molecule has 1 saturated carbocycles. The topological polar surface area (TPSA) is 95.9 Å². The van der Waals surface area contributed by atoms with E-state index in [1.165, 1.54) is 4.31 Å². The molecule has 18 heavy (non-hydrogen) atoms. The van der Waals surface area contributed by atoms with Crippen LogP contribution in [0.5, 0.6) is 0 Å². The zero-order valence-electron chi connectivity index (χ0n) is 10.2. The lowest BCUT2D eigenvalue weighted by Gasteiger charge is -2.28. The summed E-state index contributed by atoms with van der Waals surface area (Å²) in [6.45, 7) is 2.13. The van der Waals surface area contributed by atoms with Crippen LogP contribution in [-0.2, 0) is 19.7 Å². The summed E-state index contributed by atoms with van der Waals surface area (Å²) in [4.78, 5) is 11.1. The zero-order chi connectivity index (χ0) is 13.3. The van der Waals surface area contributed by atoms with Crippen molar-refractivity contribution in [2.75, 3.05) is 19.8 Å². The van der Waals surface area contributed by atoms with Crippen LogP contribution in [0.1, 0.15) is 19.8 Å². The average Bonchev–Trinajstić information content (AvgIpc) is 2.94. The molecule has 1 aliphatic heterocycles. The van der Waals surface area contributed by atoms with E-state index in [4.69, 9.17) is 9.84 Å². The Bertz CT molecular complexity index is 420. The van der Waals surface area contributed by atoms with Gasteiger partial charge in [0, 0.05) is 12.6 Å². The van der Waals surface area contributed by atoms with E-state index in [0.29, 0.717) is 0 Å². The Hall–Kier alpha value is -0.700. The molecule has 1 aliphatic carbocycles. The number of nitrogens with one attached hydrogen (secondary N) is 1. The van der Waals surface area contributed by atoms with Gasteiger partial charge in [-0.15, -0.1) is 0 Å². The number of rotatable bonds is 6. The van der Waals surface area contributed by atoms with Gasteiger partial charge in [-0.2, -0.15) is 17.4 Å². The molecule has 2 fully saturated rings. The molecule has 2 N–H and O–H groups in total. The minimum absolute atomic E-state index is 0.00893. The van der Waals surface area contributed by atoms with Crippen LogP contribution in [0.3, 0.4) is 0 Å². The van der Waals surface area contributed by atoms with Crippen LogP contribution in [0.4, 0.5) is 0 Å². The molecule has 0 bridgehead atoms. The summed E-state index contributed by atoms with van der Waals surface area (Å²) in [7, 11) is -3.62. The van der Waals surface area contributed by atoms with Crippen LogP contribution in [0.2, 0.25) is 0 Å². The van der Waals surface area contributed by atoms with Crippen molar-refractivity contribution < 1.29 is 23.1 Å². The van der Waals surface area contributed by atoms with Crippen LogP contribution in [0, 0.1) is 5.92 Å². The summed E-state index contributed by atoms with van der Waals surface area (Å²) in [5, 5.41) is 9.07. The second-order valence-electron chi connectivity index (χ2n) is 4.65. The highest BCUT2D eigenvalue weighted by molar-refractivity contribution is 7.87. The van der Waals surface area contributed by atoms with Crippen molar-refractivity contribution in [3.8, 4) is 0 Å². The molecule has 1 heterocycles. The van der Waals surface area contributed by atoms with E-state index in [-0.39, 0.29) is 25.8 Å². The van der Waals surface area contributed by atoms with Gasteiger partial charge in [0.1, 0.15) is 0 Å².